The molecule has 0 fully saturated rings. The number of rotatable bonds is 5. The summed E-state index contributed by atoms with van der Waals surface area (Å²) in [6, 6.07) is 2.52. The van der Waals surface area contributed by atoms with Crippen molar-refractivity contribution in [2.45, 2.75) is 32.6 Å². The minimum Gasteiger partial charge on any atom is -0.480 e. The molecule has 0 saturated carbocycles. The normalized spacial score (nSPS) is 12.2. The van der Waals surface area contributed by atoms with Gasteiger partial charge in [0.2, 0.25) is 0 Å². The molecule has 0 aliphatic carbocycles. The Labute approximate surface area is 113 Å². The molecular formula is C13H15F4NO2. The quantitative estimate of drug-likeness (QED) is 0.848. The fourth-order valence-corrected chi connectivity index (χ4v) is 1.72. The summed E-state index contributed by atoms with van der Waals surface area (Å²) in [5.74, 6) is -2.41. The minimum atomic E-state index is -4.77. The van der Waals surface area contributed by atoms with E-state index in [1.807, 2.05) is 0 Å². The van der Waals surface area contributed by atoms with Crippen molar-refractivity contribution in [3.05, 3.63) is 35.1 Å². The molecule has 0 saturated heterocycles. The van der Waals surface area contributed by atoms with Crippen molar-refractivity contribution in [2.24, 2.45) is 0 Å². The van der Waals surface area contributed by atoms with Crippen LogP contribution < -0.4 is 0 Å². The molecule has 1 N–H and O–H groups in total. The summed E-state index contributed by atoms with van der Waals surface area (Å²) >= 11 is 0. The summed E-state index contributed by atoms with van der Waals surface area (Å²) in [4.78, 5) is 12.2. The lowest BCUT2D eigenvalue weighted by molar-refractivity contribution is -0.141. The SMILES string of the molecule is CC(C)N(CC(=O)O)Cc1ccc(F)c(C(F)(F)F)c1. The summed E-state index contributed by atoms with van der Waals surface area (Å²) in [7, 11) is 0. The largest absolute Gasteiger partial charge is 0.480 e. The Morgan fingerprint density at radius 2 is 1.95 bits per heavy atom. The number of hydrogen-bond acceptors (Lipinski definition) is 2. The zero-order valence-electron chi connectivity index (χ0n) is 11.0. The molecule has 112 valence electrons. The highest BCUT2D eigenvalue weighted by atomic mass is 19.4. The average molecular weight is 293 g/mol. The average Bonchev–Trinajstić information content (AvgIpc) is 2.28. The van der Waals surface area contributed by atoms with Crippen LogP contribution in [0.3, 0.4) is 0 Å². The molecule has 1 aromatic rings. The van der Waals surface area contributed by atoms with Gasteiger partial charge in [0.25, 0.3) is 0 Å². The first-order valence-corrected chi connectivity index (χ1v) is 5.92. The van der Waals surface area contributed by atoms with Crippen LogP contribution in [0.5, 0.6) is 0 Å². The summed E-state index contributed by atoms with van der Waals surface area (Å²) < 4.78 is 50.9. The number of benzene rings is 1. The molecule has 0 aliphatic rings. The number of carbonyl (C=O) groups is 1. The predicted molar refractivity (Wildman–Crippen MR) is 64.6 cm³/mol. The molecule has 0 aliphatic heterocycles. The summed E-state index contributed by atoms with van der Waals surface area (Å²) in [6.07, 6.45) is -4.77. The number of carboxylic acid groups (broad SMARTS) is 1. The van der Waals surface area contributed by atoms with Crippen LogP contribution >= 0.6 is 0 Å². The topological polar surface area (TPSA) is 40.5 Å². The molecule has 0 radical (unpaired) electrons. The number of nitrogens with zero attached hydrogens (tertiary/aromatic N) is 1. The molecule has 1 aromatic carbocycles. The van der Waals surface area contributed by atoms with Crippen molar-refractivity contribution >= 4 is 5.97 Å². The Hall–Kier alpha value is -1.63. The first-order chi connectivity index (χ1) is 9.11. The monoisotopic (exact) mass is 293 g/mol. The van der Waals surface area contributed by atoms with Gasteiger partial charge in [0, 0.05) is 12.6 Å². The van der Waals surface area contributed by atoms with E-state index in [9.17, 15) is 22.4 Å². The van der Waals surface area contributed by atoms with Gasteiger partial charge in [-0.3, -0.25) is 9.69 Å². The molecule has 1 rings (SSSR count). The van der Waals surface area contributed by atoms with Crippen LogP contribution in [0.25, 0.3) is 0 Å². The first kappa shape index (κ1) is 16.4. The van der Waals surface area contributed by atoms with E-state index in [0.717, 1.165) is 6.07 Å². The van der Waals surface area contributed by atoms with Crippen LogP contribution in [0.4, 0.5) is 17.6 Å². The fraction of sp³-hybridized carbons (Fsp3) is 0.462. The maximum absolute atomic E-state index is 13.1. The standard InChI is InChI=1S/C13H15F4NO2/c1-8(2)18(7-12(19)20)6-9-3-4-11(14)10(5-9)13(15,16)17/h3-5,8H,6-7H2,1-2H3,(H,19,20). The highest BCUT2D eigenvalue weighted by Gasteiger charge is 2.34. The molecule has 0 heterocycles. The van der Waals surface area contributed by atoms with Crippen LogP contribution in [0.2, 0.25) is 0 Å². The van der Waals surface area contributed by atoms with Crippen molar-refractivity contribution < 1.29 is 27.5 Å². The molecule has 20 heavy (non-hydrogen) atoms. The molecule has 0 unspecified atom stereocenters. The van der Waals surface area contributed by atoms with E-state index in [4.69, 9.17) is 5.11 Å². The van der Waals surface area contributed by atoms with Gasteiger partial charge in [-0.1, -0.05) is 6.07 Å². The third-order valence-corrected chi connectivity index (χ3v) is 2.79. The van der Waals surface area contributed by atoms with Gasteiger partial charge in [0.15, 0.2) is 0 Å². The highest BCUT2D eigenvalue weighted by molar-refractivity contribution is 5.69. The van der Waals surface area contributed by atoms with E-state index in [1.54, 1.807) is 13.8 Å². The van der Waals surface area contributed by atoms with Crippen LogP contribution in [-0.4, -0.2) is 28.6 Å². The van der Waals surface area contributed by atoms with Gasteiger partial charge in [-0.2, -0.15) is 13.2 Å². The maximum Gasteiger partial charge on any atom is 0.419 e. The highest BCUT2D eigenvalue weighted by Crippen LogP contribution is 2.32. The van der Waals surface area contributed by atoms with Crippen molar-refractivity contribution in [3.8, 4) is 0 Å². The van der Waals surface area contributed by atoms with Crippen LogP contribution in [-0.2, 0) is 17.5 Å². The Bertz CT molecular complexity index is 486. The lowest BCUT2D eigenvalue weighted by atomic mass is 10.1. The van der Waals surface area contributed by atoms with Gasteiger partial charge in [0.1, 0.15) is 5.82 Å². The molecule has 0 atom stereocenters. The first-order valence-electron chi connectivity index (χ1n) is 5.92. The van der Waals surface area contributed by atoms with Gasteiger partial charge in [0.05, 0.1) is 12.1 Å². The minimum absolute atomic E-state index is 0.00727. The van der Waals surface area contributed by atoms with Crippen molar-refractivity contribution in [1.29, 1.82) is 0 Å². The Balaban J connectivity index is 2.99. The van der Waals surface area contributed by atoms with Crippen molar-refractivity contribution in [3.63, 3.8) is 0 Å². The van der Waals surface area contributed by atoms with E-state index in [-0.39, 0.29) is 24.7 Å². The number of halogens is 4. The zero-order valence-corrected chi connectivity index (χ0v) is 11.0. The molecule has 0 amide bonds. The molecule has 0 spiro atoms. The van der Waals surface area contributed by atoms with Crippen LogP contribution in [0.15, 0.2) is 18.2 Å². The van der Waals surface area contributed by atoms with Crippen LogP contribution in [0, 0.1) is 5.82 Å². The van der Waals surface area contributed by atoms with E-state index in [2.05, 4.69) is 0 Å². The lowest BCUT2D eigenvalue weighted by Crippen LogP contribution is -2.35. The molecular weight excluding hydrogens is 278 g/mol. The van der Waals surface area contributed by atoms with Gasteiger partial charge >= 0.3 is 12.1 Å². The molecule has 7 heteroatoms. The Morgan fingerprint density at radius 3 is 2.40 bits per heavy atom. The summed E-state index contributed by atoms with van der Waals surface area (Å²) in [5.41, 5.74) is -1.12. The van der Waals surface area contributed by atoms with Gasteiger partial charge in [-0.05, 0) is 31.5 Å². The van der Waals surface area contributed by atoms with Crippen LogP contribution in [0.1, 0.15) is 25.0 Å². The second-order valence-electron chi connectivity index (χ2n) is 4.70. The number of hydrogen-bond donors (Lipinski definition) is 1. The summed E-state index contributed by atoms with van der Waals surface area (Å²) in [5, 5.41) is 8.76. The van der Waals surface area contributed by atoms with Gasteiger partial charge < -0.3 is 5.11 Å². The number of aliphatic carboxylic acids is 1. The Morgan fingerprint density at radius 1 is 1.35 bits per heavy atom. The molecule has 3 nitrogen and oxygen atoms in total. The van der Waals surface area contributed by atoms with E-state index in [1.165, 1.54) is 11.0 Å². The third kappa shape index (κ3) is 4.48. The number of carboxylic acids is 1. The van der Waals surface area contributed by atoms with Gasteiger partial charge in [-0.25, -0.2) is 4.39 Å². The van der Waals surface area contributed by atoms with Crippen molar-refractivity contribution in [2.75, 3.05) is 6.54 Å². The second-order valence-corrected chi connectivity index (χ2v) is 4.70. The fourth-order valence-electron chi connectivity index (χ4n) is 1.72. The van der Waals surface area contributed by atoms with E-state index < -0.39 is 23.5 Å². The zero-order chi connectivity index (χ0) is 15.5. The Kier molecular flexibility index (Phi) is 5.10. The lowest BCUT2D eigenvalue weighted by Gasteiger charge is -2.24. The second kappa shape index (κ2) is 6.21. The maximum atomic E-state index is 13.1. The predicted octanol–water partition coefficient (Wildman–Crippen LogP) is 3.14. The molecule has 0 bridgehead atoms. The van der Waals surface area contributed by atoms with E-state index in [0.29, 0.717) is 6.07 Å². The van der Waals surface area contributed by atoms with Crippen molar-refractivity contribution in [1.82, 2.24) is 4.90 Å². The van der Waals surface area contributed by atoms with Gasteiger partial charge in [-0.15, -0.1) is 0 Å². The third-order valence-electron chi connectivity index (χ3n) is 2.79. The smallest absolute Gasteiger partial charge is 0.419 e. The van der Waals surface area contributed by atoms with E-state index >= 15 is 0 Å². The number of alkyl halides is 3. The summed E-state index contributed by atoms with van der Waals surface area (Å²) in [6.45, 7) is 3.18. The molecule has 0 aromatic heterocycles.